The van der Waals surface area contributed by atoms with Crippen molar-refractivity contribution in [1.82, 2.24) is 15.4 Å². The zero-order chi connectivity index (χ0) is 21.1. The Hall–Kier alpha value is -2.48. The number of aryl methyl sites for hydroxylation is 1. The summed E-state index contributed by atoms with van der Waals surface area (Å²) in [5, 5.41) is 13.8. The van der Waals surface area contributed by atoms with Gasteiger partial charge in [0.15, 0.2) is 4.91 Å². The zero-order valence-corrected chi connectivity index (χ0v) is 17.9. The quantitative estimate of drug-likeness (QED) is 0.420. The second-order valence-corrected chi connectivity index (χ2v) is 10.0. The minimum Gasteiger partial charge on any atom is -0.478 e. The number of ether oxygens (including phenoxy) is 1. The van der Waals surface area contributed by atoms with E-state index in [0.29, 0.717) is 13.2 Å². The molecule has 1 atom stereocenters. The van der Waals surface area contributed by atoms with E-state index in [-0.39, 0.29) is 28.1 Å². The third-order valence-electron chi connectivity index (χ3n) is 5.20. The Morgan fingerprint density at radius 3 is 2.79 bits per heavy atom. The van der Waals surface area contributed by atoms with Gasteiger partial charge in [0.2, 0.25) is 5.88 Å². The van der Waals surface area contributed by atoms with E-state index in [0.717, 1.165) is 31.9 Å². The maximum absolute atomic E-state index is 12.8. The minimum absolute atomic E-state index is 0.00941. The van der Waals surface area contributed by atoms with E-state index in [1.165, 1.54) is 11.1 Å². The molecule has 4 N–H and O–H groups in total. The zero-order valence-electron chi connectivity index (χ0n) is 17.0. The Kier molecular flexibility index (Phi) is 6.21. The van der Waals surface area contributed by atoms with Gasteiger partial charge in [-0.3, -0.25) is 4.72 Å². The number of fused-ring (bicyclic) bond motifs is 1. The molecular formula is C21H30N4O3S. The van der Waals surface area contributed by atoms with Crippen LogP contribution in [0.15, 0.2) is 47.5 Å². The van der Waals surface area contributed by atoms with Crippen LogP contribution >= 0.6 is 0 Å². The molecule has 0 saturated carbocycles. The number of hydrogen-bond donors (Lipinski definition) is 4. The van der Waals surface area contributed by atoms with E-state index in [4.69, 9.17) is 10.1 Å². The molecule has 1 saturated heterocycles. The summed E-state index contributed by atoms with van der Waals surface area (Å²) in [5.41, 5.74) is 2.35. The lowest BCUT2D eigenvalue weighted by Crippen LogP contribution is -2.42. The molecule has 7 nitrogen and oxygen atoms in total. The molecule has 2 aliphatic rings. The Morgan fingerprint density at radius 2 is 2.10 bits per heavy atom. The van der Waals surface area contributed by atoms with E-state index >= 15 is 0 Å². The Morgan fingerprint density at radius 1 is 1.34 bits per heavy atom. The van der Waals surface area contributed by atoms with Gasteiger partial charge < -0.3 is 20.8 Å². The van der Waals surface area contributed by atoms with E-state index in [1.807, 2.05) is 26.0 Å². The van der Waals surface area contributed by atoms with Crippen molar-refractivity contribution in [2.45, 2.75) is 45.6 Å². The van der Waals surface area contributed by atoms with E-state index < -0.39 is 10.0 Å². The molecule has 3 rings (SSSR count). The standard InChI is InChI=1S/C21H30N4O3S/c1-15(24-18-11-7-5-9-16-8-4-6-10-17(16)18)25-29(26,27)19(12-22)20-23-13-21(2,3)14-28-20/h4,6,8,10,12,18,22-25H,1,5,7,9,11,13-14H2,2-3H3/b20-19-,22-12?. The molecule has 1 aliphatic heterocycles. The van der Waals surface area contributed by atoms with Crippen LogP contribution in [0.1, 0.15) is 50.3 Å². The normalized spacial score (nSPS) is 22.8. The Balaban J connectivity index is 1.73. The summed E-state index contributed by atoms with van der Waals surface area (Å²) < 4.78 is 33.7. The van der Waals surface area contributed by atoms with Crippen molar-refractivity contribution >= 4 is 16.2 Å². The molecule has 0 amide bonds. The van der Waals surface area contributed by atoms with Crippen LogP contribution < -0.4 is 15.4 Å². The van der Waals surface area contributed by atoms with Crippen LogP contribution in [0.2, 0.25) is 0 Å². The van der Waals surface area contributed by atoms with Gasteiger partial charge in [0.1, 0.15) is 5.82 Å². The highest BCUT2D eigenvalue weighted by molar-refractivity contribution is 7.94. The predicted molar refractivity (Wildman–Crippen MR) is 115 cm³/mol. The van der Waals surface area contributed by atoms with Crippen molar-refractivity contribution in [2.75, 3.05) is 13.2 Å². The van der Waals surface area contributed by atoms with Crippen LogP contribution in [0.25, 0.3) is 0 Å². The summed E-state index contributed by atoms with van der Waals surface area (Å²) in [5.74, 6) is 0.280. The monoisotopic (exact) mass is 418 g/mol. The van der Waals surface area contributed by atoms with Gasteiger partial charge in [-0.2, -0.15) is 0 Å². The molecule has 1 aromatic carbocycles. The fourth-order valence-corrected chi connectivity index (χ4v) is 4.66. The molecule has 1 unspecified atom stereocenters. The van der Waals surface area contributed by atoms with Gasteiger partial charge in [-0.25, -0.2) is 8.42 Å². The lowest BCUT2D eigenvalue weighted by molar-refractivity contribution is 0.0621. The van der Waals surface area contributed by atoms with Crippen molar-refractivity contribution < 1.29 is 13.2 Å². The second-order valence-electron chi connectivity index (χ2n) is 8.37. The third-order valence-corrected chi connectivity index (χ3v) is 6.60. The average molecular weight is 419 g/mol. The highest BCUT2D eigenvalue weighted by atomic mass is 32.2. The summed E-state index contributed by atoms with van der Waals surface area (Å²) in [6.45, 7) is 8.84. The Labute approximate surface area is 173 Å². The molecule has 158 valence electrons. The van der Waals surface area contributed by atoms with Crippen molar-refractivity contribution in [3.05, 3.63) is 58.6 Å². The van der Waals surface area contributed by atoms with Crippen LogP contribution in [0.4, 0.5) is 0 Å². The molecule has 0 radical (unpaired) electrons. The summed E-state index contributed by atoms with van der Waals surface area (Å²) in [6, 6.07) is 8.21. The van der Waals surface area contributed by atoms with Crippen molar-refractivity contribution in [1.29, 1.82) is 5.41 Å². The lowest BCUT2D eigenvalue weighted by atomic mass is 9.94. The Bertz CT molecular complexity index is 910. The minimum atomic E-state index is -4.01. The summed E-state index contributed by atoms with van der Waals surface area (Å²) in [7, 11) is -4.01. The molecular weight excluding hydrogens is 388 g/mol. The van der Waals surface area contributed by atoms with Gasteiger partial charge in [-0.1, -0.05) is 51.1 Å². The first kappa shape index (κ1) is 21.2. The number of rotatable bonds is 6. The topological polar surface area (TPSA) is 103 Å². The van der Waals surface area contributed by atoms with Crippen LogP contribution in [-0.2, 0) is 21.2 Å². The van der Waals surface area contributed by atoms with Crippen LogP contribution in [0.3, 0.4) is 0 Å². The summed E-state index contributed by atoms with van der Waals surface area (Å²) in [4.78, 5) is -0.239. The van der Waals surface area contributed by atoms with Crippen molar-refractivity contribution in [3.63, 3.8) is 0 Å². The molecule has 0 bridgehead atoms. The van der Waals surface area contributed by atoms with Gasteiger partial charge >= 0.3 is 0 Å². The maximum atomic E-state index is 12.8. The molecule has 1 aliphatic carbocycles. The average Bonchev–Trinajstić information content (AvgIpc) is 2.85. The second kappa shape index (κ2) is 8.49. The molecule has 0 aromatic heterocycles. The largest absolute Gasteiger partial charge is 0.478 e. The number of sulfonamides is 1. The SMILES string of the molecule is C=C(NC1CCCCc2ccccc21)NS(=O)(=O)/C(C=N)=C1/NCC(C)(C)CO1. The molecule has 1 fully saturated rings. The van der Waals surface area contributed by atoms with E-state index in [2.05, 4.69) is 34.1 Å². The highest BCUT2D eigenvalue weighted by Gasteiger charge is 2.30. The fourth-order valence-electron chi connectivity index (χ4n) is 3.64. The maximum Gasteiger partial charge on any atom is 0.269 e. The highest BCUT2D eigenvalue weighted by Crippen LogP contribution is 2.29. The van der Waals surface area contributed by atoms with Gasteiger partial charge in [-0.15, -0.1) is 0 Å². The fraction of sp³-hybridized carbons (Fsp3) is 0.476. The first-order valence-electron chi connectivity index (χ1n) is 9.89. The van der Waals surface area contributed by atoms with Gasteiger partial charge in [-0.05, 0) is 30.4 Å². The number of hydrogen-bond acceptors (Lipinski definition) is 6. The smallest absolute Gasteiger partial charge is 0.269 e. The van der Waals surface area contributed by atoms with E-state index in [1.54, 1.807) is 0 Å². The van der Waals surface area contributed by atoms with Crippen molar-refractivity contribution in [3.8, 4) is 0 Å². The number of benzene rings is 1. The summed E-state index contributed by atoms with van der Waals surface area (Å²) in [6.07, 6.45) is 4.87. The molecule has 29 heavy (non-hydrogen) atoms. The summed E-state index contributed by atoms with van der Waals surface area (Å²) >= 11 is 0. The van der Waals surface area contributed by atoms with Crippen molar-refractivity contribution in [2.24, 2.45) is 5.41 Å². The first-order chi connectivity index (χ1) is 13.7. The number of allylic oxidation sites excluding steroid dienone is 1. The van der Waals surface area contributed by atoms with Crippen LogP contribution in [0, 0.1) is 10.8 Å². The third kappa shape index (κ3) is 5.12. The molecule has 1 aromatic rings. The van der Waals surface area contributed by atoms with Gasteiger partial charge in [0.05, 0.1) is 12.6 Å². The molecule has 0 spiro atoms. The first-order valence-corrected chi connectivity index (χ1v) is 11.4. The molecule has 1 heterocycles. The molecule has 8 heteroatoms. The van der Waals surface area contributed by atoms with Gasteiger partial charge in [0, 0.05) is 18.2 Å². The lowest BCUT2D eigenvalue weighted by Gasteiger charge is -2.33. The number of nitrogens with one attached hydrogen (secondary N) is 4. The van der Waals surface area contributed by atoms with Crippen LogP contribution in [-0.4, -0.2) is 27.8 Å². The van der Waals surface area contributed by atoms with Crippen LogP contribution in [0.5, 0.6) is 0 Å². The van der Waals surface area contributed by atoms with Gasteiger partial charge in [0.25, 0.3) is 10.0 Å². The van der Waals surface area contributed by atoms with E-state index in [9.17, 15) is 8.42 Å². The predicted octanol–water partition coefficient (Wildman–Crippen LogP) is 2.90.